The van der Waals surface area contributed by atoms with Gasteiger partial charge in [0.2, 0.25) is 0 Å². The van der Waals surface area contributed by atoms with Gasteiger partial charge in [-0.1, -0.05) is 31.1 Å². The Labute approximate surface area is 113 Å². The molecule has 0 unspecified atom stereocenters. The third-order valence-corrected chi connectivity index (χ3v) is 2.82. The summed E-state index contributed by atoms with van der Waals surface area (Å²) in [4.78, 5) is 0. The van der Waals surface area contributed by atoms with E-state index in [1.54, 1.807) is 6.20 Å². The van der Waals surface area contributed by atoms with Gasteiger partial charge in [-0.05, 0) is 24.5 Å². The Morgan fingerprint density at radius 2 is 2.05 bits per heavy atom. The van der Waals surface area contributed by atoms with Crippen molar-refractivity contribution in [2.75, 3.05) is 6.61 Å². The van der Waals surface area contributed by atoms with Crippen LogP contribution in [0.25, 0.3) is 11.3 Å². The molecular weight excluding hydrogens is 240 g/mol. The number of nitrogens with zero attached hydrogens (tertiary/aromatic N) is 1. The Bertz CT molecular complexity index is 495. The average Bonchev–Trinajstić information content (AvgIpc) is 2.89. The van der Waals surface area contributed by atoms with E-state index < -0.39 is 0 Å². The molecule has 1 atom stereocenters. The first kappa shape index (κ1) is 13.6. The lowest BCUT2D eigenvalue weighted by molar-refractivity contribution is 0.271. The van der Waals surface area contributed by atoms with Gasteiger partial charge in [-0.15, -0.1) is 0 Å². The number of ether oxygens (including phenoxy) is 1. The minimum Gasteiger partial charge on any atom is -0.491 e. The number of hydrogen-bond acceptors (Lipinski definition) is 4. The molecule has 0 amide bonds. The number of rotatable bonds is 6. The van der Waals surface area contributed by atoms with Crippen molar-refractivity contribution < 1.29 is 9.26 Å². The lowest BCUT2D eigenvalue weighted by Gasteiger charge is -2.16. The van der Waals surface area contributed by atoms with Crippen molar-refractivity contribution in [2.45, 2.75) is 26.3 Å². The van der Waals surface area contributed by atoms with Crippen molar-refractivity contribution in [3.05, 3.63) is 36.5 Å². The Balaban J connectivity index is 2.05. The standard InChI is InChI=1S/C15H20N2O2/c1-11(2)9-12(16)10-18-14-6-4-3-5-13(14)15-7-8-17-19-15/h3-8,11-12H,9-10,16H2,1-2H3/t12-/m0/s1. The zero-order valence-electron chi connectivity index (χ0n) is 11.4. The van der Waals surface area contributed by atoms with Crippen molar-refractivity contribution in [3.63, 3.8) is 0 Å². The first-order chi connectivity index (χ1) is 9.16. The van der Waals surface area contributed by atoms with Crippen LogP contribution in [0.1, 0.15) is 20.3 Å². The molecule has 0 saturated carbocycles. The molecule has 102 valence electrons. The summed E-state index contributed by atoms with van der Waals surface area (Å²) in [7, 11) is 0. The molecule has 1 aromatic carbocycles. The van der Waals surface area contributed by atoms with E-state index in [-0.39, 0.29) is 6.04 Å². The number of aromatic nitrogens is 1. The molecule has 0 aliphatic carbocycles. The van der Waals surface area contributed by atoms with Gasteiger partial charge in [0.05, 0.1) is 11.8 Å². The van der Waals surface area contributed by atoms with E-state index in [4.69, 9.17) is 15.0 Å². The average molecular weight is 260 g/mol. The van der Waals surface area contributed by atoms with Crippen LogP contribution in [0.4, 0.5) is 0 Å². The summed E-state index contributed by atoms with van der Waals surface area (Å²) < 4.78 is 11.0. The fourth-order valence-corrected chi connectivity index (χ4v) is 2.02. The Hall–Kier alpha value is -1.81. The molecule has 0 spiro atoms. The summed E-state index contributed by atoms with van der Waals surface area (Å²) in [5.74, 6) is 2.05. The zero-order valence-corrected chi connectivity index (χ0v) is 11.4. The molecule has 0 bridgehead atoms. The van der Waals surface area contributed by atoms with Crippen LogP contribution in [-0.4, -0.2) is 17.8 Å². The molecule has 2 rings (SSSR count). The molecule has 4 heteroatoms. The summed E-state index contributed by atoms with van der Waals surface area (Å²) in [5.41, 5.74) is 6.93. The highest BCUT2D eigenvalue weighted by molar-refractivity contribution is 5.65. The maximum Gasteiger partial charge on any atom is 0.170 e. The van der Waals surface area contributed by atoms with Crippen LogP contribution in [0.3, 0.4) is 0 Å². The van der Waals surface area contributed by atoms with Crippen LogP contribution in [0.2, 0.25) is 0 Å². The molecule has 2 aromatic rings. The quantitative estimate of drug-likeness (QED) is 0.867. The van der Waals surface area contributed by atoms with Gasteiger partial charge in [-0.3, -0.25) is 0 Å². The zero-order chi connectivity index (χ0) is 13.7. The second kappa shape index (κ2) is 6.38. The molecule has 19 heavy (non-hydrogen) atoms. The summed E-state index contributed by atoms with van der Waals surface area (Å²) in [6.07, 6.45) is 2.57. The van der Waals surface area contributed by atoms with E-state index in [1.165, 1.54) is 0 Å². The molecule has 4 nitrogen and oxygen atoms in total. The van der Waals surface area contributed by atoms with Gasteiger partial charge in [0.25, 0.3) is 0 Å². The molecule has 1 heterocycles. The summed E-state index contributed by atoms with van der Waals surface area (Å²) >= 11 is 0. The highest BCUT2D eigenvalue weighted by Crippen LogP contribution is 2.29. The predicted octanol–water partition coefficient (Wildman–Crippen LogP) is 3.09. The first-order valence-corrected chi connectivity index (χ1v) is 6.55. The van der Waals surface area contributed by atoms with Crippen LogP contribution in [0, 0.1) is 5.92 Å². The Morgan fingerprint density at radius 1 is 1.26 bits per heavy atom. The van der Waals surface area contributed by atoms with Crippen molar-refractivity contribution in [1.29, 1.82) is 0 Å². The summed E-state index contributed by atoms with van der Waals surface area (Å²) in [6.45, 7) is 4.81. The van der Waals surface area contributed by atoms with E-state index in [1.807, 2.05) is 30.3 Å². The number of nitrogens with two attached hydrogens (primary N) is 1. The predicted molar refractivity (Wildman–Crippen MR) is 74.9 cm³/mol. The van der Waals surface area contributed by atoms with Gasteiger partial charge >= 0.3 is 0 Å². The van der Waals surface area contributed by atoms with Gasteiger partial charge < -0.3 is 15.0 Å². The van der Waals surface area contributed by atoms with Crippen LogP contribution < -0.4 is 10.5 Å². The van der Waals surface area contributed by atoms with Crippen molar-refractivity contribution >= 4 is 0 Å². The third kappa shape index (κ3) is 3.83. The number of hydrogen-bond donors (Lipinski definition) is 1. The molecule has 0 aliphatic rings. The van der Waals surface area contributed by atoms with E-state index in [2.05, 4.69) is 19.0 Å². The van der Waals surface area contributed by atoms with E-state index in [9.17, 15) is 0 Å². The number of para-hydroxylation sites is 1. The molecule has 0 radical (unpaired) electrons. The van der Waals surface area contributed by atoms with E-state index in [0.717, 1.165) is 17.7 Å². The first-order valence-electron chi connectivity index (χ1n) is 6.55. The van der Waals surface area contributed by atoms with Crippen molar-refractivity contribution in [2.24, 2.45) is 11.7 Å². The Kier molecular flexibility index (Phi) is 4.58. The normalized spacial score (nSPS) is 12.6. The maximum atomic E-state index is 6.03. The molecule has 0 saturated heterocycles. The van der Waals surface area contributed by atoms with Crippen LogP contribution in [-0.2, 0) is 0 Å². The Morgan fingerprint density at radius 3 is 2.74 bits per heavy atom. The second-order valence-electron chi connectivity index (χ2n) is 5.07. The molecule has 0 aliphatic heterocycles. The fraction of sp³-hybridized carbons (Fsp3) is 0.400. The molecule has 0 fully saturated rings. The van der Waals surface area contributed by atoms with E-state index >= 15 is 0 Å². The van der Waals surface area contributed by atoms with Crippen molar-refractivity contribution in [1.82, 2.24) is 5.16 Å². The minimum atomic E-state index is 0.0442. The van der Waals surface area contributed by atoms with Gasteiger partial charge in [-0.2, -0.15) is 0 Å². The maximum absolute atomic E-state index is 6.03. The highest BCUT2D eigenvalue weighted by Gasteiger charge is 2.11. The monoisotopic (exact) mass is 260 g/mol. The minimum absolute atomic E-state index is 0.0442. The smallest absolute Gasteiger partial charge is 0.170 e. The van der Waals surface area contributed by atoms with E-state index in [0.29, 0.717) is 18.3 Å². The van der Waals surface area contributed by atoms with Gasteiger partial charge in [-0.25, -0.2) is 0 Å². The topological polar surface area (TPSA) is 61.3 Å². The largest absolute Gasteiger partial charge is 0.491 e. The molecule has 2 N–H and O–H groups in total. The SMILES string of the molecule is CC(C)C[C@H](N)COc1ccccc1-c1ccno1. The molecule has 1 aromatic heterocycles. The second-order valence-corrected chi connectivity index (χ2v) is 5.07. The van der Waals surface area contributed by atoms with Crippen molar-refractivity contribution in [3.8, 4) is 17.1 Å². The third-order valence-electron chi connectivity index (χ3n) is 2.82. The number of benzene rings is 1. The van der Waals surface area contributed by atoms with Gasteiger partial charge in [0.1, 0.15) is 12.4 Å². The van der Waals surface area contributed by atoms with Crippen LogP contribution >= 0.6 is 0 Å². The van der Waals surface area contributed by atoms with Gasteiger partial charge in [0, 0.05) is 12.1 Å². The molecular formula is C15H20N2O2. The van der Waals surface area contributed by atoms with Crippen LogP contribution in [0.5, 0.6) is 5.75 Å². The fourth-order valence-electron chi connectivity index (χ4n) is 2.02. The lowest BCUT2D eigenvalue weighted by Crippen LogP contribution is -2.29. The summed E-state index contributed by atoms with van der Waals surface area (Å²) in [6, 6.07) is 9.60. The highest BCUT2D eigenvalue weighted by atomic mass is 16.5. The van der Waals surface area contributed by atoms with Gasteiger partial charge in [0.15, 0.2) is 5.76 Å². The lowest BCUT2D eigenvalue weighted by atomic mass is 10.1. The van der Waals surface area contributed by atoms with Crippen LogP contribution in [0.15, 0.2) is 41.1 Å². The summed E-state index contributed by atoms with van der Waals surface area (Å²) in [5, 5.41) is 3.72.